The fourth-order valence-corrected chi connectivity index (χ4v) is 2.33. The van der Waals surface area contributed by atoms with Crippen LogP contribution in [0.1, 0.15) is 23.2 Å². The first kappa shape index (κ1) is 12.7. The van der Waals surface area contributed by atoms with Gasteiger partial charge < -0.3 is 20.5 Å². The van der Waals surface area contributed by atoms with Gasteiger partial charge in [0, 0.05) is 12.1 Å². The first-order valence-corrected chi connectivity index (χ1v) is 6.02. The summed E-state index contributed by atoms with van der Waals surface area (Å²) in [5.41, 5.74) is 6.77. The Balaban J connectivity index is 2.21. The third-order valence-corrected chi connectivity index (χ3v) is 3.33. The van der Waals surface area contributed by atoms with Crippen molar-refractivity contribution in [3.63, 3.8) is 0 Å². The molecule has 1 atom stereocenters. The number of rotatable bonds is 3. The van der Waals surface area contributed by atoms with Crippen molar-refractivity contribution in [1.29, 1.82) is 0 Å². The predicted molar refractivity (Wildman–Crippen MR) is 68.6 cm³/mol. The number of aliphatic hydroxyl groups excluding tert-OH is 1. The van der Waals surface area contributed by atoms with Crippen molar-refractivity contribution < 1.29 is 14.6 Å². The largest absolute Gasteiger partial charge is 0.495 e. The molecule has 1 aromatic carbocycles. The van der Waals surface area contributed by atoms with E-state index in [0.717, 1.165) is 12.8 Å². The monoisotopic (exact) mass is 250 g/mol. The van der Waals surface area contributed by atoms with Gasteiger partial charge in [-0.05, 0) is 31.0 Å². The molecule has 1 aliphatic rings. The number of ether oxygens (including phenoxy) is 1. The van der Waals surface area contributed by atoms with Gasteiger partial charge in [-0.15, -0.1) is 0 Å². The molecule has 0 spiro atoms. The van der Waals surface area contributed by atoms with Crippen molar-refractivity contribution in [2.24, 2.45) is 0 Å². The molecule has 0 bridgehead atoms. The number of likely N-dealkylation sites (tertiary alicyclic amines) is 1. The van der Waals surface area contributed by atoms with Gasteiger partial charge >= 0.3 is 0 Å². The van der Waals surface area contributed by atoms with Gasteiger partial charge in [0.15, 0.2) is 0 Å². The Morgan fingerprint density at radius 2 is 2.39 bits per heavy atom. The Bertz CT molecular complexity index is 448. The number of carbonyl (C=O) groups excluding carboxylic acids is 1. The van der Waals surface area contributed by atoms with Gasteiger partial charge in [0.25, 0.3) is 5.91 Å². The summed E-state index contributed by atoms with van der Waals surface area (Å²) in [6.07, 6.45) is 1.79. The second-order valence-corrected chi connectivity index (χ2v) is 4.43. The molecule has 18 heavy (non-hydrogen) atoms. The Morgan fingerprint density at radius 1 is 1.61 bits per heavy atom. The van der Waals surface area contributed by atoms with Crippen molar-refractivity contribution in [1.82, 2.24) is 4.90 Å². The zero-order valence-electron chi connectivity index (χ0n) is 10.4. The second-order valence-electron chi connectivity index (χ2n) is 4.43. The van der Waals surface area contributed by atoms with Crippen LogP contribution in [-0.2, 0) is 0 Å². The standard InChI is InChI=1S/C13H18N2O3/c1-18-12-5-4-9(7-11(12)14)13(17)15-6-2-3-10(15)8-16/h4-5,7,10,16H,2-3,6,8,14H2,1H3. The number of aliphatic hydroxyl groups is 1. The average Bonchev–Trinajstić information content (AvgIpc) is 2.86. The molecule has 0 aliphatic carbocycles. The van der Waals surface area contributed by atoms with Crippen LogP contribution in [0.3, 0.4) is 0 Å². The fraction of sp³-hybridized carbons (Fsp3) is 0.462. The minimum Gasteiger partial charge on any atom is -0.495 e. The molecule has 1 amide bonds. The molecule has 1 heterocycles. The molecule has 1 unspecified atom stereocenters. The maximum atomic E-state index is 12.3. The summed E-state index contributed by atoms with van der Waals surface area (Å²) in [5.74, 6) is 0.479. The van der Waals surface area contributed by atoms with Crippen molar-refractivity contribution in [3.8, 4) is 5.75 Å². The molecular weight excluding hydrogens is 232 g/mol. The van der Waals surface area contributed by atoms with Crippen LogP contribution in [0.2, 0.25) is 0 Å². The van der Waals surface area contributed by atoms with E-state index < -0.39 is 0 Å². The number of nitrogens with zero attached hydrogens (tertiary/aromatic N) is 1. The lowest BCUT2D eigenvalue weighted by Gasteiger charge is -2.23. The van der Waals surface area contributed by atoms with E-state index in [9.17, 15) is 9.90 Å². The third-order valence-electron chi connectivity index (χ3n) is 3.33. The Labute approximate surface area is 106 Å². The predicted octanol–water partition coefficient (Wildman–Crippen LogP) is 0.874. The van der Waals surface area contributed by atoms with Crippen molar-refractivity contribution in [2.45, 2.75) is 18.9 Å². The molecule has 2 rings (SSSR count). The number of anilines is 1. The summed E-state index contributed by atoms with van der Waals surface area (Å²) in [4.78, 5) is 14.0. The van der Waals surface area contributed by atoms with Crippen molar-refractivity contribution in [2.75, 3.05) is 26.0 Å². The summed E-state index contributed by atoms with van der Waals surface area (Å²) in [6.45, 7) is 0.702. The molecule has 0 aromatic heterocycles. The number of methoxy groups -OCH3 is 1. The zero-order chi connectivity index (χ0) is 13.1. The lowest BCUT2D eigenvalue weighted by atomic mass is 10.1. The van der Waals surface area contributed by atoms with Crippen LogP contribution in [-0.4, -0.2) is 42.2 Å². The summed E-state index contributed by atoms with van der Waals surface area (Å²) in [5, 5.41) is 9.23. The minimum absolute atomic E-state index is 0.0113. The van der Waals surface area contributed by atoms with Crippen LogP contribution in [0.5, 0.6) is 5.75 Å². The van der Waals surface area contributed by atoms with E-state index in [1.54, 1.807) is 23.1 Å². The highest BCUT2D eigenvalue weighted by Gasteiger charge is 2.28. The molecule has 5 nitrogen and oxygen atoms in total. The van der Waals surface area contributed by atoms with Gasteiger partial charge in [-0.2, -0.15) is 0 Å². The number of hydrogen-bond acceptors (Lipinski definition) is 4. The Kier molecular flexibility index (Phi) is 3.72. The van der Waals surface area contributed by atoms with Gasteiger partial charge in [-0.25, -0.2) is 0 Å². The second kappa shape index (κ2) is 5.27. The van der Waals surface area contributed by atoms with Crippen LogP contribution >= 0.6 is 0 Å². The van der Waals surface area contributed by atoms with Crippen LogP contribution in [0.25, 0.3) is 0 Å². The van der Waals surface area contributed by atoms with E-state index in [2.05, 4.69) is 0 Å². The van der Waals surface area contributed by atoms with Gasteiger partial charge in [0.1, 0.15) is 5.75 Å². The van der Waals surface area contributed by atoms with Crippen LogP contribution in [0.4, 0.5) is 5.69 Å². The number of benzene rings is 1. The smallest absolute Gasteiger partial charge is 0.254 e. The topological polar surface area (TPSA) is 75.8 Å². The van der Waals surface area contributed by atoms with E-state index in [0.29, 0.717) is 23.5 Å². The normalized spacial score (nSPS) is 19.0. The van der Waals surface area contributed by atoms with Gasteiger partial charge in [0.05, 0.1) is 25.4 Å². The fourth-order valence-electron chi connectivity index (χ4n) is 2.33. The van der Waals surface area contributed by atoms with E-state index in [1.165, 1.54) is 7.11 Å². The molecule has 1 fully saturated rings. The first-order valence-electron chi connectivity index (χ1n) is 6.02. The Morgan fingerprint density at radius 3 is 3.00 bits per heavy atom. The van der Waals surface area contributed by atoms with E-state index in [-0.39, 0.29) is 18.6 Å². The molecule has 0 saturated carbocycles. The highest BCUT2D eigenvalue weighted by molar-refractivity contribution is 5.95. The molecule has 5 heteroatoms. The third kappa shape index (κ3) is 2.26. The number of amides is 1. The average molecular weight is 250 g/mol. The number of nitrogen functional groups attached to an aromatic ring is 1. The van der Waals surface area contributed by atoms with Gasteiger partial charge in [0.2, 0.25) is 0 Å². The highest BCUT2D eigenvalue weighted by atomic mass is 16.5. The van der Waals surface area contributed by atoms with Crippen LogP contribution in [0, 0.1) is 0 Å². The minimum atomic E-state index is -0.0825. The molecule has 98 valence electrons. The summed E-state index contributed by atoms with van der Waals surface area (Å²) in [6, 6.07) is 4.94. The Hall–Kier alpha value is -1.75. The zero-order valence-corrected chi connectivity index (χ0v) is 10.4. The maximum absolute atomic E-state index is 12.3. The summed E-state index contributed by atoms with van der Waals surface area (Å²) >= 11 is 0. The van der Waals surface area contributed by atoms with E-state index in [1.807, 2.05) is 0 Å². The molecule has 1 aromatic rings. The van der Waals surface area contributed by atoms with Crippen LogP contribution in [0.15, 0.2) is 18.2 Å². The highest BCUT2D eigenvalue weighted by Crippen LogP contribution is 2.25. The SMILES string of the molecule is COc1ccc(C(=O)N2CCCC2CO)cc1N. The van der Waals surface area contributed by atoms with Gasteiger partial charge in [-0.1, -0.05) is 0 Å². The molecule has 1 saturated heterocycles. The van der Waals surface area contributed by atoms with Crippen molar-refractivity contribution in [3.05, 3.63) is 23.8 Å². The van der Waals surface area contributed by atoms with E-state index >= 15 is 0 Å². The molecule has 1 aliphatic heterocycles. The van der Waals surface area contributed by atoms with E-state index in [4.69, 9.17) is 10.5 Å². The lowest BCUT2D eigenvalue weighted by Crippen LogP contribution is -2.37. The summed E-state index contributed by atoms with van der Waals surface area (Å²) < 4.78 is 5.06. The lowest BCUT2D eigenvalue weighted by molar-refractivity contribution is 0.0677. The van der Waals surface area contributed by atoms with Crippen molar-refractivity contribution >= 4 is 11.6 Å². The molecular formula is C13H18N2O3. The van der Waals surface area contributed by atoms with Gasteiger partial charge in [-0.3, -0.25) is 4.79 Å². The quantitative estimate of drug-likeness (QED) is 0.781. The summed E-state index contributed by atoms with van der Waals surface area (Å²) in [7, 11) is 1.54. The first-order chi connectivity index (χ1) is 8.67. The maximum Gasteiger partial charge on any atom is 0.254 e. The van der Waals surface area contributed by atoms with Crippen LogP contribution < -0.4 is 10.5 Å². The number of hydrogen-bond donors (Lipinski definition) is 2. The number of nitrogens with two attached hydrogens (primary N) is 1. The molecule has 3 N–H and O–H groups in total. The molecule has 0 radical (unpaired) electrons. The number of carbonyl (C=O) groups is 1.